The van der Waals surface area contributed by atoms with Crippen LogP contribution in [0.4, 0.5) is 10.5 Å². The number of rotatable bonds is 11. The number of benzene rings is 2. The fourth-order valence-electron chi connectivity index (χ4n) is 3.22. The topological polar surface area (TPSA) is 146 Å². The van der Waals surface area contributed by atoms with E-state index in [4.69, 9.17) is 10.00 Å². The zero-order valence-corrected chi connectivity index (χ0v) is 20.7. The summed E-state index contributed by atoms with van der Waals surface area (Å²) in [5, 5.41) is 33.9. The maximum Gasteiger partial charge on any atom is 0.407 e. The van der Waals surface area contributed by atoms with E-state index in [2.05, 4.69) is 5.32 Å². The quantitative estimate of drug-likeness (QED) is 0.354. The van der Waals surface area contributed by atoms with Crippen LogP contribution in [0.2, 0.25) is 0 Å². The van der Waals surface area contributed by atoms with E-state index in [0.717, 1.165) is 5.56 Å². The molecule has 0 fully saturated rings. The number of carbonyl (C=O) groups excluding carboxylic acids is 1. The van der Waals surface area contributed by atoms with Crippen LogP contribution >= 0.6 is 0 Å². The normalized spacial score (nSPS) is 13.9. The Morgan fingerprint density at radius 1 is 1.26 bits per heavy atom. The van der Waals surface area contributed by atoms with E-state index in [0.29, 0.717) is 0 Å². The number of ether oxygens (including phenoxy) is 1. The summed E-state index contributed by atoms with van der Waals surface area (Å²) in [6, 6.07) is 15.8. The molecular weight excluding hydrogens is 472 g/mol. The third-order valence-electron chi connectivity index (χ3n) is 4.79. The maximum atomic E-state index is 13.2. The first-order chi connectivity index (χ1) is 16.5. The highest BCUT2D eigenvalue weighted by molar-refractivity contribution is 7.82. The highest BCUT2D eigenvalue weighted by Gasteiger charge is 2.29. The number of hydrogen-bond acceptors (Lipinski definition) is 7. The Morgan fingerprint density at radius 3 is 2.54 bits per heavy atom. The number of aliphatic hydroxyl groups is 1. The standard InChI is InChI=1S/C24H30N4O6S/c1-24(2,3)34-23(30)26-21(15-18-9-5-4-6-10-18)22(29)17-27(14-8-13-25)35(33)20-12-7-11-19(16-20)28(31)32/h4-7,9-12,16,21-22,29H,8,14-15,17H2,1-3H3,(H,26,30)/t21-,22+,35?/m0/s1. The Hall–Kier alpha value is -3.33. The van der Waals surface area contributed by atoms with Gasteiger partial charge >= 0.3 is 6.09 Å². The highest BCUT2D eigenvalue weighted by Crippen LogP contribution is 2.19. The van der Waals surface area contributed by atoms with Gasteiger partial charge in [0.25, 0.3) is 5.69 Å². The lowest BCUT2D eigenvalue weighted by Crippen LogP contribution is -2.51. The lowest BCUT2D eigenvalue weighted by atomic mass is 10.0. The van der Waals surface area contributed by atoms with E-state index in [1.54, 1.807) is 20.8 Å². The van der Waals surface area contributed by atoms with Crippen LogP contribution in [0.25, 0.3) is 0 Å². The second kappa shape index (κ2) is 12.9. The van der Waals surface area contributed by atoms with Crippen molar-refractivity contribution in [2.75, 3.05) is 13.1 Å². The second-order valence-corrected chi connectivity index (χ2v) is 10.3. The summed E-state index contributed by atoms with van der Waals surface area (Å²) in [5.74, 6) is 0. The smallest absolute Gasteiger partial charge is 0.407 e. The van der Waals surface area contributed by atoms with Crippen molar-refractivity contribution in [3.63, 3.8) is 0 Å². The average molecular weight is 503 g/mol. The van der Waals surface area contributed by atoms with Gasteiger partial charge in [0.15, 0.2) is 0 Å². The van der Waals surface area contributed by atoms with Gasteiger partial charge < -0.3 is 15.2 Å². The molecule has 0 aliphatic heterocycles. The van der Waals surface area contributed by atoms with Crippen LogP contribution in [0.15, 0.2) is 59.5 Å². The Kier molecular flexibility index (Phi) is 10.3. The predicted molar refractivity (Wildman–Crippen MR) is 131 cm³/mol. The molecule has 0 spiro atoms. The van der Waals surface area contributed by atoms with Gasteiger partial charge in [0, 0.05) is 31.6 Å². The first-order valence-electron chi connectivity index (χ1n) is 11.0. The van der Waals surface area contributed by atoms with E-state index in [1.807, 2.05) is 36.4 Å². The molecule has 0 heterocycles. The minimum atomic E-state index is -1.89. The number of nitriles is 1. The number of nitro benzene ring substituents is 1. The molecule has 0 saturated carbocycles. The monoisotopic (exact) mass is 502 g/mol. The van der Waals surface area contributed by atoms with Gasteiger partial charge in [0.05, 0.1) is 28.0 Å². The molecule has 0 aliphatic rings. The van der Waals surface area contributed by atoms with E-state index in [9.17, 15) is 24.2 Å². The Labute approximate surface area is 207 Å². The van der Waals surface area contributed by atoms with Crippen molar-refractivity contribution in [3.05, 3.63) is 70.3 Å². The summed E-state index contributed by atoms with van der Waals surface area (Å²) < 4.78 is 19.9. The summed E-state index contributed by atoms with van der Waals surface area (Å²) in [6.45, 7) is 5.06. The van der Waals surface area contributed by atoms with Gasteiger partial charge in [-0.2, -0.15) is 5.26 Å². The summed E-state index contributed by atoms with van der Waals surface area (Å²) in [4.78, 5) is 23.2. The van der Waals surface area contributed by atoms with Gasteiger partial charge in [0.1, 0.15) is 16.6 Å². The van der Waals surface area contributed by atoms with Crippen molar-refractivity contribution < 1.29 is 23.8 Å². The molecule has 1 unspecified atom stereocenters. The molecule has 11 heteroatoms. The number of hydrogen-bond donors (Lipinski definition) is 2. The Bertz CT molecular complexity index is 1070. The number of carbonyl (C=O) groups is 1. The number of alkyl carbamates (subject to hydrolysis) is 1. The van der Waals surface area contributed by atoms with Crippen molar-refractivity contribution in [3.8, 4) is 6.07 Å². The lowest BCUT2D eigenvalue weighted by molar-refractivity contribution is -0.385. The minimum absolute atomic E-state index is 0.0240. The van der Waals surface area contributed by atoms with Crippen LogP contribution in [0, 0.1) is 21.4 Å². The zero-order chi connectivity index (χ0) is 26.0. The van der Waals surface area contributed by atoms with Crippen LogP contribution < -0.4 is 5.32 Å². The lowest BCUT2D eigenvalue weighted by Gasteiger charge is -2.30. The van der Waals surface area contributed by atoms with Gasteiger partial charge in [-0.05, 0) is 38.8 Å². The number of nitro groups is 1. The van der Waals surface area contributed by atoms with Gasteiger partial charge in [-0.15, -0.1) is 0 Å². The van der Waals surface area contributed by atoms with Crippen LogP contribution in [0.3, 0.4) is 0 Å². The largest absolute Gasteiger partial charge is 0.444 e. The molecule has 2 aromatic carbocycles. The average Bonchev–Trinajstić information content (AvgIpc) is 2.80. The fourth-order valence-corrected chi connectivity index (χ4v) is 4.48. The molecule has 2 N–H and O–H groups in total. The molecule has 0 radical (unpaired) electrons. The first kappa shape index (κ1) is 27.9. The molecule has 0 saturated heterocycles. The third-order valence-corrected chi connectivity index (χ3v) is 6.25. The Balaban J connectivity index is 2.26. The molecule has 1 amide bonds. The molecule has 2 aromatic rings. The number of non-ortho nitro benzene ring substituents is 1. The van der Waals surface area contributed by atoms with Gasteiger partial charge in [-0.3, -0.25) is 10.1 Å². The van der Waals surface area contributed by atoms with E-state index in [1.165, 1.54) is 28.6 Å². The zero-order valence-electron chi connectivity index (χ0n) is 19.9. The number of amides is 1. The van der Waals surface area contributed by atoms with Crippen molar-refractivity contribution in [2.45, 2.75) is 56.3 Å². The molecule has 188 valence electrons. The summed E-state index contributed by atoms with van der Waals surface area (Å²) >= 11 is 0. The van der Waals surface area contributed by atoms with Crippen molar-refractivity contribution in [2.24, 2.45) is 0 Å². The summed E-state index contributed by atoms with van der Waals surface area (Å²) in [6.07, 6.45) is -1.60. The number of aliphatic hydroxyl groups excluding tert-OH is 1. The predicted octanol–water partition coefficient (Wildman–Crippen LogP) is 3.33. The molecule has 3 atom stereocenters. The SMILES string of the molecule is CC(C)(C)OC(=O)N[C@@H](Cc1ccccc1)[C@H](O)CN(CCC#N)S(=O)c1cccc([N+](=O)[O-])c1. The van der Waals surface area contributed by atoms with Gasteiger partial charge in [-0.25, -0.2) is 13.3 Å². The summed E-state index contributed by atoms with van der Waals surface area (Å²) in [5.41, 5.74) is -0.101. The van der Waals surface area contributed by atoms with Crippen LogP contribution in [0.1, 0.15) is 32.8 Å². The third kappa shape index (κ3) is 9.44. The minimum Gasteiger partial charge on any atom is -0.444 e. The molecule has 0 bridgehead atoms. The van der Waals surface area contributed by atoms with Crippen molar-refractivity contribution in [1.29, 1.82) is 5.26 Å². The maximum absolute atomic E-state index is 13.2. The van der Waals surface area contributed by atoms with E-state index in [-0.39, 0.29) is 36.5 Å². The van der Waals surface area contributed by atoms with Gasteiger partial charge in [-0.1, -0.05) is 36.4 Å². The number of nitrogens with one attached hydrogen (secondary N) is 1. The molecular formula is C24H30N4O6S. The molecule has 0 aliphatic carbocycles. The van der Waals surface area contributed by atoms with Gasteiger partial charge in [0.2, 0.25) is 0 Å². The molecule has 2 rings (SSSR count). The molecule has 0 aromatic heterocycles. The highest BCUT2D eigenvalue weighted by atomic mass is 32.2. The second-order valence-electron chi connectivity index (χ2n) is 8.81. The number of nitrogens with zero attached hydrogens (tertiary/aromatic N) is 3. The van der Waals surface area contributed by atoms with Crippen LogP contribution in [-0.4, -0.2) is 55.5 Å². The Morgan fingerprint density at radius 2 is 1.94 bits per heavy atom. The molecule has 10 nitrogen and oxygen atoms in total. The van der Waals surface area contributed by atoms with Crippen LogP contribution in [0.5, 0.6) is 0 Å². The fraction of sp³-hybridized carbons (Fsp3) is 0.417. The van der Waals surface area contributed by atoms with E-state index < -0.39 is 39.7 Å². The first-order valence-corrected chi connectivity index (χ1v) is 12.1. The van der Waals surface area contributed by atoms with E-state index >= 15 is 0 Å². The summed E-state index contributed by atoms with van der Waals surface area (Å²) in [7, 11) is -1.89. The molecule has 35 heavy (non-hydrogen) atoms. The van der Waals surface area contributed by atoms with Crippen molar-refractivity contribution in [1.82, 2.24) is 9.62 Å². The van der Waals surface area contributed by atoms with Crippen LogP contribution in [-0.2, 0) is 22.1 Å². The van der Waals surface area contributed by atoms with Crippen molar-refractivity contribution >= 4 is 22.8 Å².